The quantitative estimate of drug-likeness (QED) is 0.0690. The Labute approximate surface area is 376 Å². The summed E-state index contributed by atoms with van der Waals surface area (Å²) in [5, 5.41) is 32.5. The fourth-order valence-corrected chi connectivity index (χ4v) is 7.40. The number of rotatable bonds is 12. The Kier molecular flexibility index (Phi) is 18.4. The summed E-state index contributed by atoms with van der Waals surface area (Å²) in [6.45, 7) is 4.65. The Morgan fingerprint density at radius 2 is 0.877 bits per heavy atom. The van der Waals surface area contributed by atoms with Gasteiger partial charge in [0.2, 0.25) is 0 Å². The van der Waals surface area contributed by atoms with Crippen molar-refractivity contribution in [3.8, 4) is 11.5 Å². The molecule has 0 amide bonds. The Bertz CT molecular complexity index is 2180. The van der Waals surface area contributed by atoms with Gasteiger partial charge in [0, 0.05) is 30.3 Å². The molecule has 0 N–H and O–H groups in total. The van der Waals surface area contributed by atoms with Gasteiger partial charge in [-0.1, -0.05) is 170 Å². The van der Waals surface area contributed by atoms with E-state index in [0.717, 1.165) is 54.0 Å². The molecule has 293 valence electrons. The molecular formula is C44H34Br4CuN4O4. The molecule has 6 aromatic carbocycles. The molecule has 0 spiro atoms. The molecule has 0 aliphatic rings. The predicted molar refractivity (Wildman–Crippen MR) is 237 cm³/mol. The van der Waals surface area contributed by atoms with E-state index in [0.29, 0.717) is 33.3 Å². The molecule has 8 nitrogen and oxygen atoms in total. The molecule has 6 aromatic rings. The molecule has 0 bridgehead atoms. The number of hydrogen-bond acceptors (Lipinski definition) is 8. The SMILES string of the molecule is C/C(=N\OCc1ccccc1)c1ccc(N=Cc2cc(Br)cc(Br)c2[O-])cc1.C/C(=N\OCc1ccccc1)c1ccc(N=Cc2cc(Br)cc(Br)c2[O-])cc1.[Cu+2]. The van der Waals surface area contributed by atoms with E-state index in [2.05, 4.69) is 84.0 Å². The standard InChI is InChI=1S/2C22H18Br2N2O2.Cu/c2*1-15(26-28-14-16-5-3-2-4-6-16)17-7-9-20(10-8-17)25-13-18-11-19(23)12-21(24)22(18)27;/h2*2-13,27H,14H2,1H3;/q;;+2/p-2/b2*25-13?,26-15+;. The van der Waals surface area contributed by atoms with Crippen molar-refractivity contribution in [3.05, 3.63) is 185 Å². The van der Waals surface area contributed by atoms with Gasteiger partial charge in [-0.25, -0.2) is 0 Å². The van der Waals surface area contributed by atoms with E-state index in [4.69, 9.17) is 9.68 Å². The van der Waals surface area contributed by atoms with E-state index < -0.39 is 0 Å². The van der Waals surface area contributed by atoms with Crippen LogP contribution in [0.1, 0.15) is 47.2 Å². The summed E-state index contributed by atoms with van der Waals surface area (Å²) < 4.78 is 2.64. The molecule has 0 aliphatic carbocycles. The summed E-state index contributed by atoms with van der Waals surface area (Å²) >= 11 is 13.3. The summed E-state index contributed by atoms with van der Waals surface area (Å²) in [5.74, 6) is -0.191. The van der Waals surface area contributed by atoms with Gasteiger partial charge in [0.1, 0.15) is 13.2 Å². The van der Waals surface area contributed by atoms with Gasteiger partial charge < -0.3 is 19.9 Å². The van der Waals surface area contributed by atoms with Crippen molar-refractivity contribution in [2.45, 2.75) is 27.1 Å². The van der Waals surface area contributed by atoms with Crippen LogP contribution in [0.4, 0.5) is 11.4 Å². The third kappa shape index (κ3) is 14.5. The van der Waals surface area contributed by atoms with Gasteiger partial charge >= 0.3 is 17.1 Å². The summed E-state index contributed by atoms with van der Waals surface area (Å²) in [4.78, 5) is 19.6. The number of nitrogens with zero attached hydrogens (tertiary/aromatic N) is 4. The zero-order valence-corrected chi connectivity index (χ0v) is 37.8. The zero-order valence-electron chi connectivity index (χ0n) is 30.5. The fraction of sp³-hybridized carbons (Fsp3) is 0.0909. The molecule has 0 fully saturated rings. The van der Waals surface area contributed by atoms with Crippen molar-refractivity contribution >= 4 is 98.9 Å². The number of hydrogen-bond donors (Lipinski definition) is 0. The van der Waals surface area contributed by atoms with Crippen LogP contribution in [0.5, 0.6) is 11.5 Å². The molecule has 1 radical (unpaired) electrons. The van der Waals surface area contributed by atoms with Gasteiger partial charge in [0.25, 0.3) is 0 Å². The third-order valence-corrected chi connectivity index (χ3v) is 9.99. The van der Waals surface area contributed by atoms with Crippen LogP contribution in [0.2, 0.25) is 0 Å². The normalized spacial score (nSPS) is 11.5. The average Bonchev–Trinajstić information content (AvgIpc) is 3.21. The van der Waals surface area contributed by atoms with Crippen LogP contribution in [-0.4, -0.2) is 23.9 Å². The van der Waals surface area contributed by atoms with E-state index >= 15 is 0 Å². The van der Waals surface area contributed by atoms with Gasteiger partial charge in [-0.15, -0.1) is 0 Å². The van der Waals surface area contributed by atoms with Crippen LogP contribution in [0.3, 0.4) is 0 Å². The van der Waals surface area contributed by atoms with E-state index in [1.807, 2.05) is 123 Å². The molecular weight excluding hydrogens is 1030 g/mol. The molecule has 0 aliphatic heterocycles. The van der Waals surface area contributed by atoms with Gasteiger partial charge in [0.15, 0.2) is 0 Å². The van der Waals surface area contributed by atoms with Crippen molar-refractivity contribution < 1.29 is 37.0 Å². The molecule has 0 saturated carbocycles. The van der Waals surface area contributed by atoms with Crippen molar-refractivity contribution in [1.29, 1.82) is 0 Å². The monoisotopic (exact) mass is 1060 g/mol. The molecule has 57 heavy (non-hydrogen) atoms. The topological polar surface area (TPSA) is 114 Å². The molecule has 13 heteroatoms. The van der Waals surface area contributed by atoms with Crippen molar-refractivity contribution in [1.82, 2.24) is 0 Å². The molecule has 6 rings (SSSR count). The molecule has 0 aromatic heterocycles. The maximum absolute atomic E-state index is 12.1. The summed E-state index contributed by atoms with van der Waals surface area (Å²) in [7, 11) is 0. The minimum absolute atomic E-state index is 0. The number of aliphatic imine (C=N–C) groups is 2. The smallest absolute Gasteiger partial charge is 0.871 e. The molecule has 0 atom stereocenters. The minimum atomic E-state index is -0.0953. The Balaban J connectivity index is 0.000000248. The maximum atomic E-state index is 12.1. The second kappa shape index (κ2) is 23.1. The predicted octanol–water partition coefficient (Wildman–Crippen LogP) is 12.0. The van der Waals surface area contributed by atoms with Gasteiger partial charge in [-0.05, 0) is 95.8 Å². The summed E-state index contributed by atoms with van der Waals surface area (Å²) in [5.41, 5.74) is 8.11. The minimum Gasteiger partial charge on any atom is -0.871 e. The van der Waals surface area contributed by atoms with E-state index in [1.54, 1.807) is 36.7 Å². The number of halogens is 4. The maximum Gasteiger partial charge on any atom is 2.00 e. The summed E-state index contributed by atoms with van der Waals surface area (Å²) in [6.07, 6.45) is 3.13. The van der Waals surface area contributed by atoms with Crippen LogP contribution in [-0.2, 0) is 40.0 Å². The first-order chi connectivity index (χ1) is 27.0. The molecule has 0 heterocycles. The van der Waals surface area contributed by atoms with Crippen LogP contribution >= 0.6 is 63.7 Å². The van der Waals surface area contributed by atoms with Gasteiger partial charge in [0.05, 0.1) is 22.8 Å². The number of oxime groups is 2. The third-order valence-electron chi connectivity index (χ3n) is 7.90. The summed E-state index contributed by atoms with van der Waals surface area (Å²) in [6, 6.07) is 41.9. The van der Waals surface area contributed by atoms with Crippen LogP contribution in [0.15, 0.2) is 172 Å². The first-order valence-electron chi connectivity index (χ1n) is 17.1. The van der Waals surface area contributed by atoms with Gasteiger partial charge in [-0.2, -0.15) is 0 Å². The van der Waals surface area contributed by atoms with E-state index in [9.17, 15) is 10.2 Å². The first-order valence-corrected chi connectivity index (χ1v) is 20.2. The largest absolute Gasteiger partial charge is 2.00 e. The van der Waals surface area contributed by atoms with Crippen molar-refractivity contribution in [2.24, 2.45) is 20.3 Å². The molecule has 0 unspecified atom stereocenters. The first kappa shape index (κ1) is 45.3. The zero-order chi connectivity index (χ0) is 39.9. The van der Waals surface area contributed by atoms with Gasteiger partial charge in [-0.3, -0.25) is 9.98 Å². The van der Waals surface area contributed by atoms with Crippen molar-refractivity contribution in [3.63, 3.8) is 0 Å². The second-order valence-corrected chi connectivity index (χ2v) is 15.6. The van der Waals surface area contributed by atoms with Crippen LogP contribution < -0.4 is 10.2 Å². The Morgan fingerprint density at radius 1 is 0.526 bits per heavy atom. The van der Waals surface area contributed by atoms with Crippen LogP contribution in [0, 0.1) is 0 Å². The van der Waals surface area contributed by atoms with Crippen molar-refractivity contribution in [2.75, 3.05) is 0 Å². The fourth-order valence-electron chi connectivity index (χ4n) is 4.88. The Hall–Kier alpha value is -4.36. The number of benzene rings is 6. The molecule has 0 saturated heterocycles. The van der Waals surface area contributed by atoms with E-state index in [-0.39, 0.29) is 28.6 Å². The average molecular weight is 1070 g/mol. The van der Waals surface area contributed by atoms with E-state index in [1.165, 1.54) is 0 Å². The van der Waals surface area contributed by atoms with Crippen LogP contribution in [0.25, 0.3) is 0 Å². The second-order valence-electron chi connectivity index (χ2n) is 12.1. The Morgan fingerprint density at radius 3 is 1.23 bits per heavy atom.